The molecule has 1 heterocycles. The lowest BCUT2D eigenvalue weighted by Gasteiger charge is -2.17. The van der Waals surface area contributed by atoms with Crippen LogP contribution in [0.15, 0.2) is 36.9 Å². The largest absolute Gasteiger partial charge is 0.449 e. The van der Waals surface area contributed by atoms with Crippen LogP contribution in [0.1, 0.15) is 17.3 Å². The highest BCUT2D eigenvalue weighted by Crippen LogP contribution is 2.10. The van der Waals surface area contributed by atoms with E-state index in [0.717, 1.165) is 5.69 Å². The van der Waals surface area contributed by atoms with Gasteiger partial charge in [-0.1, -0.05) is 0 Å². The third-order valence-electron chi connectivity index (χ3n) is 2.86. The maximum Gasteiger partial charge on any atom is 0.338 e. The van der Waals surface area contributed by atoms with E-state index < -0.39 is 12.1 Å². The molecule has 1 aromatic carbocycles. The SMILES string of the molecule is C[C@@H](OC(=O)c1ccc(-n2cncn2)cc1)C(=O)N(C)C. The molecule has 0 saturated heterocycles. The lowest BCUT2D eigenvalue weighted by molar-refractivity contribution is -0.137. The first-order valence-corrected chi connectivity index (χ1v) is 6.36. The van der Waals surface area contributed by atoms with E-state index >= 15 is 0 Å². The summed E-state index contributed by atoms with van der Waals surface area (Å²) in [5.74, 6) is -0.801. The van der Waals surface area contributed by atoms with Crippen molar-refractivity contribution >= 4 is 11.9 Å². The highest BCUT2D eigenvalue weighted by atomic mass is 16.5. The zero-order valence-corrected chi connectivity index (χ0v) is 12.1. The molecule has 1 amide bonds. The molecule has 0 bridgehead atoms. The predicted octanol–water partition coefficient (Wildman–Crippen LogP) is 0.901. The van der Waals surface area contributed by atoms with Crippen LogP contribution in [0.4, 0.5) is 0 Å². The minimum Gasteiger partial charge on any atom is -0.449 e. The molecule has 7 heteroatoms. The number of carbonyl (C=O) groups is 2. The Bertz CT molecular complexity index is 620. The zero-order chi connectivity index (χ0) is 15.4. The molecule has 0 fully saturated rings. The number of hydrogen-bond donors (Lipinski definition) is 0. The van der Waals surface area contributed by atoms with Gasteiger partial charge in [0.25, 0.3) is 5.91 Å². The highest BCUT2D eigenvalue weighted by molar-refractivity contribution is 5.92. The molecule has 0 radical (unpaired) electrons. The van der Waals surface area contributed by atoms with Gasteiger partial charge in [0.1, 0.15) is 12.7 Å². The number of likely N-dealkylation sites (N-methyl/N-ethyl adjacent to an activating group) is 1. The van der Waals surface area contributed by atoms with E-state index in [1.54, 1.807) is 56.3 Å². The molecule has 0 unspecified atom stereocenters. The van der Waals surface area contributed by atoms with Crippen LogP contribution >= 0.6 is 0 Å². The van der Waals surface area contributed by atoms with Crippen molar-refractivity contribution in [3.05, 3.63) is 42.5 Å². The quantitative estimate of drug-likeness (QED) is 0.781. The lowest BCUT2D eigenvalue weighted by atomic mass is 10.2. The fourth-order valence-electron chi connectivity index (χ4n) is 1.73. The molecule has 0 saturated carbocycles. The van der Waals surface area contributed by atoms with Crippen LogP contribution in [0.5, 0.6) is 0 Å². The Labute approximate surface area is 122 Å². The van der Waals surface area contributed by atoms with E-state index in [4.69, 9.17) is 4.74 Å². The van der Waals surface area contributed by atoms with Crippen LogP contribution in [0, 0.1) is 0 Å². The summed E-state index contributed by atoms with van der Waals surface area (Å²) in [6.07, 6.45) is 2.17. The second kappa shape index (κ2) is 6.17. The summed E-state index contributed by atoms with van der Waals surface area (Å²) < 4.78 is 6.70. The molecule has 1 atom stereocenters. The molecule has 1 aromatic heterocycles. The lowest BCUT2D eigenvalue weighted by Crippen LogP contribution is -2.34. The van der Waals surface area contributed by atoms with Crippen molar-refractivity contribution in [2.45, 2.75) is 13.0 Å². The number of amides is 1. The molecule has 0 aliphatic rings. The molecule has 0 N–H and O–H groups in total. The van der Waals surface area contributed by atoms with Gasteiger partial charge in [-0.05, 0) is 31.2 Å². The van der Waals surface area contributed by atoms with Crippen molar-refractivity contribution in [3.63, 3.8) is 0 Å². The zero-order valence-electron chi connectivity index (χ0n) is 12.1. The molecule has 0 aliphatic heterocycles. The maximum absolute atomic E-state index is 12.0. The van der Waals surface area contributed by atoms with Gasteiger partial charge in [-0.3, -0.25) is 4.79 Å². The Balaban J connectivity index is 2.05. The van der Waals surface area contributed by atoms with Crippen molar-refractivity contribution in [3.8, 4) is 5.69 Å². The van der Waals surface area contributed by atoms with Crippen molar-refractivity contribution in [1.29, 1.82) is 0 Å². The summed E-state index contributed by atoms with van der Waals surface area (Å²) >= 11 is 0. The van der Waals surface area contributed by atoms with Crippen LogP contribution in [-0.4, -0.2) is 51.7 Å². The summed E-state index contributed by atoms with van der Waals surface area (Å²) in [7, 11) is 3.22. The van der Waals surface area contributed by atoms with Crippen LogP contribution in [0.3, 0.4) is 0 Å². The first kappa shape index (κ1) is 14.7. The number of aromatic nitrogens is 3. The number of ether oxygens (including phenoxy) is 1. The average Bonchev–Trinajstić information content (AvgIpc) is 3.00. The molecule has 2 aromatic rings. The third-order valence-corrected chi connectivity index (χ3v) is 2.86. The maximum atomic E-state index is 12.0. The van der Waals surface area contributed by atoms with E-state index in [-0.39, 0.29) is 5.91 Å². The first-order valence-electron chi connectivity index (χ1n) is 6.36. The third kappa shape index (κ3) is 3.44. The molecule has 2 rings (SSSR count). The van der Waals surface area contributed by atoms with Gasteiger partial charge in [-0.25, -0.2) is 14.5 Å². The van der Waals surface area contributed by atoms with Gasteiger partial charge in [0, 0.05) is 14.1 Å². The Morgan fingerprint density at radius 3 is 2.43 bits per heavy atom. The van der Waals surface area contributed by atoms with E-state index in [2.05, 4.69) is 10.1 Å². The molecular weight excluding hydrogens is 272 g/mol. The highest BCUT2D eigenvalue weighted by Gasteiger charge is 2.20. The second-order valence-electron chi connectivity index (χ2n) is 4.67. The first-order chi connectivity index (χ1) is 9.99. The van der Waals surface area contributed by atoms with Gasteiger partial charge < -0.3 is 9.64 Å². The molecule has 110 valence electrons. The summed E-state index contributed by atoms with van der Waals surface area (Å²) in [6, 6.07) is 6.69. The van der Waals surface area contributed by atoms with E-state index in [1.807, 2.05) is 0 Å². The number of hydrogen-bond acceptors (Lipinski definition) is 5. The van der Waals surface area contributed by atoms with E-state index in [1.165, 1.54) is 11.2 Å². The predicted molar refractivity (Wildman–Crippen MR) is 74.9 cm³/mol. The molecule has 0 spiro atoms. The molecule has 7 nitrogen and oxygen atoms in total. The minimum absolute atomic E-state index is 0.261. The van der Waals surface area contributed by atoms with Crippen molar-refractivity contribution in [2.75, 3.05) is 14.1 Å². The van der Waals surface area contributed by atoms with Gasteiger partial charge in [0.15, 0.2) is 6.10 Å². The second-order valence-corrected chi connectivity index (χ2v) is 4.67. The number of esters is 1. The Kier molecular flexibility index (Phi) is 4.32. The number of nitrogens with zero attached hydrogens (tertiary/aromatic N) is 4. The fourth-order valence-corrected chi connectivity index (χ4v) is 1.73. The number of rotatable bonds is 4. The van der Waals surface area contributed by atoms with Crippen LogP contribution in [-0.2, 0) is 9.53 Å². The van der Waals surface area contributed by atoms with Gasteiger partial charge in [-0.15, -0.1) is 0 Å². The Morgan fingerprint density at radius 1 is 1.24 bits per heavy atom. The fraction of sp³-hybridized carbons (Fsp3) is 0.286. The number of benzene rings is 1. The summed E-state index contributed by atoms with van der Waals surface area (Å²) in [5, 5.41) is 3.99. The molecule has 21 heavy (non-hydrogen) atoms. The smallest absolute Gasteiger partial charge is 0.338 e. The van der Waals surface area contributed by atoms with Crippen molar-refractivity contribution in [2.24, 2.45) is 0 Å². The van der Waals surface area contributed by atoms with Crippen molar-refractivity contribution < 1.29 is 14.3 Å². The average molecular weight is 288 g/mol. The van der Waals surface area contributed by atoms with E-state index in [9.17, 15) is 9.59 Å². The van der Waals surface area contributed by atoms with E-state index in [0.29, 0.717) is 5.56 Å². The Morgan fingerprint density at radius 2 is 1.90 bits per heavy atom. The van der Waals surface area contributed by atoms with Crippen LogP contribution in [0.25, 0.3) is 5.69 Å². The monoisotopic (exact) mass is 288 g/mol. The van der Waals surface area contributed by atoms with Crippen molar-refractivity contribution in [1.82, 2.24) is 19.7 Å². The van der Waals surface area contributed by atoms with Crippen LogP contribution < -0.4 is 0 Å². The summed E-state index contributed by atoms with van der Waals surface area (Å²) in [6.45, 7) is 1.55. The van der Waals surface area contributed by atoms with Crippen LogP contribution in [0.2, 0.25) is 0 Å². The van der Waals surface area contributed by atoms with Gasteiger partial charge in [-0.2, -0.15) is 5.10 Å². The Hall–Kier alpha value is -2.70. The molecule has 0 aliphatic carbocycles. The van der Waals surface area contributed by atoms with Gasteiger partial charge in [0.2, 0.25) is 0 Å². The minimum atomic E-state index is -0.817. The summed E-state index contributed by atoms with van der Waals surface area (Å²) in [5.41, 5.74) is 1.15. The van der Waals surface area contributed by atoms with Gasteiger partial charge >= 0.3 is 5.97 Å². The standard InChI is InChI=1S/C14H16N4O3/c1-10(13(19)17(2)3)21-14(20)11-4-6-12(7-5-11)18-9-15-8-16-18/h4-10H,1-3H3/t10-/m1/s1. The normalized spacial score (nSPS) is 11.8. The number of carbonyl (C=O) groups excluding carboxylic acids is 2. The molecular formula is C14H16N4O3. The summed E-state index contributed by atoms with van der Waals surface area (Å²) in [4.78, 5) is 28.8. The topological polar surface area (TPSA) is 77.3 Å². The van der Waals surface area contributed by atoms with Gasteiger partial charge in [0.05, 0.1) is 11.3 Å².